The highest BCUT2D eigenvalue weighted by molar-refractivity contribution is 4.84. The van der Waals surface area contributed by atoms with Crippen LogP contribution in [-0.4, -0.2) is 12.7 Å². The van der Waals surface area contributed by atoms with Crippen LogP contribution in [0.15, 0.2) is 12.2 Å². The van der Waals surface area contributed by atoms with Crippen LogP contribution in [0.5, 0.6) is 0 Å². The first-order valence-corrected chi connectivity index (χ1v) is 9.65. The summed E-state index contributed by atoms with van der Waals surface area (Å²) in [5.41, 5.74) is 0. The molecular weight excluding hydrogens is 256 g/mol. The molecular formula is C20H38O. The van der Waals surface area contributed by atoms with E-state index in [4.69, 9.17) is 4.74 Å². The molecule has 0 aromatic carbocycles. The van der Waals surface area contributed by atoms with Gasteiger partial charge < -0.3 is 4.74 Å². The minimum atomic E-state index is 0.560. The molecule has 2 atom stereocenters. The highest BCUT2D eigenvalue weighted by atomic mass is 16.5. The first kappa shape index (κ1) is 18.7. The fraction of sp³-hybridized carbons (Fsp3) is 0.900. The molecule has 0 saturated carbocycles. The van der Waals surface area contributed by atoms with Gasteiger partial charge >= 0.3 is 0 Å². The topological polar surface area (TPSA) is 9.23 Å². The van der Waals surface area contributed by atoms with Gasteiger partial charge in [-0.1, -0.05) is 70.9 Å². The number of unbranched alkanes of at least 4 members (excludes halogenated alkanes) is 6. The van der Waals surface area contributed by atoms with Gasteiger partial charge in [0.15, 0.2) is 0 Å². The summed E-state index contributed by atoms with van der Waals surface area (Å²) in [6.45, 7) is 5.54. The Kier molecular flexibility index (Phi) is 11.9. The molecule has 1 rings (SSSR count). The summed E-state index contributed by atoms with van der Waals surface area (Å²) in [7, 11) is 0. The number of hydrogen-bond donors (Lipinski definition) is 0. The molecule has 0 amide bonds. The van der Waals surface area contributed by atoms with Crippen molar-refractivity contribution >= 4 is 0 Å². The highest BCUT2D eigenvalue weighted by Crippen LogP contribution is 2.29. The van der Waals surface area contributed by atoms with Crippen molar-refractivity contribution in [3.8, 4) is 0 Å². The van der Waals surface area contributed by atoms with E-state index in [0.717, 1.165) is 12.5 Å². The predicted octanol–water partition coefficient (Wildman–Crippen LogP) is 6.67. The van der Waals surface area contributed by atoms with Crippen LogP contribution in [0, 0.1) is 5.92 Å². The molecule has 21 heavy (non-hydrogen) atoms. The van der Waals surface area contributed by atoms with Gasteiger partial charge in [0.1, 0.15) is 0 Å². The van der Waals surface area contributed by atoms with E-state index >= 15 is 0 Å². The van der Waals surface area contributed by atoms with Gasteiger partial charge in [0.05, 0.1) is 6.10 Å². The summed E-state index contributed by atoms with van der Waals surface area (Å²) in [5, 5.41) is 0. The van der Waals surface area contributed by atoms with E-state index in [0.29, 0.717) is 6.10 Å². The van der Waals surface area contributed by atoms with Gasteiger partial charge in [0.25, 0.3) is 0 Å². The van der Waals surface area contributed by atoms with E-state index in [1.165, 1.54) is 83.5 Å². The molecule has 1 fully saturated rings. The molecule has 0 bridgehead atoms. The molecule has 0 radical (unpaired) electrons. The van der Waals surface area contributed by atoms with Crippen LogP contribution < -0.4 is 0 Å². The number of rotatable bonds is 12. The van der Waals surface area contributed by atoms with Gasteiger partial charge in [-0.05, 0) is 44.4 Å². The van der Waals surface area contributed by atoms with Crippen molar-refractivity contribution in [2.24, 2.45) is 5.92 Å². The third-order valence-electron chi connectivity index (χ3n) is 4.75. The van der Waals surface area contributed by atoms with Crippen molar-refractivity contribution in [2.75, 3.05) is 6.61 Å². The highest BCUT2D eigenvalue weighted by Gasteiger charge is 2.24. The van der Waals surface area contributed by atoms with Gasteiger partial charge in [0.2, 0.25) is 0 Å². The van der Waals surface area contributed by atoms with Crippen LogP contribution in [-0.2, 0) is 4.74 Å². The Balaban J connectivity index is 2.13. The van der Waals surface area contributed by atoms with E-state index in [9.17, 15) is 0 Å². The van der Waals surface area contributed by atoms with Crippen LogP contribution in [0.4, 0.5) is 0 Å². The Morgan fingerprint density at radius 1 is 0.857 bits per heavy atom. The van der Waals surface area contributed by atoms with Crippen molar-refractivity contribution in [1.82, 2.24) is 0 Å². The lowest BCUT2D eigenvalue weighted by atomic mass is 9.87. The third-order valence-corrected chi connectivity index (χ3v) is 4.75. The molecule has 1 heteroatoms. The Hall–Kier alpha value is -0.300. The summed E-state index contributed by atoms with van der Waals surface area (Å²) in [4.78, 5) is 0. The smallest absolute Gasteiger partial charge is 0.0603 e. The second-order valence-electron chi connectivity index (χ2n) is 6.71. The zero-order valence-corrected chi connectivity index (χ0v) is 14.6. The lowest BCUT2D eigenvalue weighted by molar-refractivity contribution is -0.0342. The minimum absolute atomic E-state index is 0.560. The molecule has 0 aliphatic carbocycles. The molecule has 1 aliphatic heterocycles. The second kappa shape index (κ2) is 13.4. The second-order valence-corrected chi connectivity index (χ2v) is 6.71. The van der Waals surface area contributed by atoms with Gasteiger partial charge in [-0.15, -0.1) is 0 Å². The Labute approximate surface area is 133 Å². The van der Waals surface area contributed by atoms with Crippen LogP contribution in [0.1, 0.15) is 97.3 Å². The summed E-state index contributed by atoms with van der Waals surface area (Å²) in [6.07, 6.45) is 22.7. The molecule has 0 N–H and O–H groups in total. The van der Waals surface area contributed by atoms with E-state index in [1.54, 1.807) is 0 Å². The summed E-state index contributed by atoms with van der Waals surface area (Å²) in [6, 6.07) is 0. The maximum Gasteiger partial charge on any atom is 0.0603 e. The molecule has 1 aliphatic rings. The van der Waals surface area contributed by atoms with Crippen molar-refractivity contribution in [3.05, 3.63) is 12.2 Å². The van der Waals surface area contributed by atoms with E-state index in [2.05, 4.69) is 26.0 Å². The molecule has 0 unspecified atom stereocenters. The van der Waals surface area contributed by atoms with E-state index in [-0.39, 0.29) is 0 Å². The first-order chi connectivity index (χ1) is 10.4. The average Bonchev–Trinajstić information content (AvgIpc) is 2.52. The lowest BCUT2D eigenvalue weighted by Gasteiger charge is -2.31. The third kappa shape index (κ3) is 9.34. The Morgan fingerprint density at radius 2 is 1.62 bits per heavy atom. The van der Waals surface area contributed by atoms with Gasteiger partial charge in [-0.2, -0.15) is 0 Å². The van der Waals surface area contributed by atoms with Gasteiger partial charge in [-0.3, -0.25) is 0 Å². The molecule has 1 saturated heterocycles. The normalized spacial score (nSPS) is 23.0. The van der Waals surface area contributed by atoms with Crippen molar-refractivity contribution in [1.29, 1.82) is 0 Å². The predicted molar refractivity (Wildman–Crippen MR) is 93.7 cm³/mol. The minimum Gasteiger partial charge on any atom is -0.378 e. The van der Waals surface area contributed by atoms with E-state index < -0.39 is 0 Å². The first-order valence-electron chi connectivity index (χ1n) is 9.65. The average molecular weight is 295 g/mol. The fourth-order valence-electron chi connectivity index (χ4n) is 3.39. The maximum atomic E-state index is 6.07. The largest absolute Gasteiger partial charge is 0.378 e. The van der Waals surface area contributed by atoms with Crippen LogP contribution >= 0.6 is 0 Å². The molecule has 0 aromatic rings. The molecule has 0 aromatic heterocycles. The zero-order chi connectivity index (χ0) is 15.2. The molecule has 124 valence electrons. The fourth-order valence-corrected chi connectivity index (χ4v) is 3.39. The maximum absolute atomic E-state index is 6.07. The number of allylic oxidation sites excluding steroid dienone is 2. The number of ether oxygens (including phenoxy) is 1. The van der Waals surface area contributed by atoms with Crippen LogP contribution in [0.25, 0.3) is 0 Å². The van der Waals surface area contributed by atoms with Crippen LogP contribution in [0.2, 0.25) is 0 Å². The molecule has 1 heterocycles. The van der Waals surface area contributed by atoms with Gasteiger partial charge in [0, 0.05) is 6.61 Å². The van der Waals surface area contributed by atoms with Crippen molar-refractivity contribution in [2.45, 2.75) is 103 Å². The van der Waals surface area contributed by atoms with Crippen LogP contribution in [0.3, 0.4) is 0 Å². The van der Waals surface area contributed by atoms with Crippen molar-refractivity contribution in [3.63, 3.8) is 0 Å². The SMILES string of the molecule is CCCC=CCC[C@H]1CCCO[C@@H]1CCCCCCCC. The summed E-state index contributed by atoms with van der Waals surface area (Å²) < 4.78 is 6.07. The van der Waals surface area contributed by atoms with Gasteiger partial charge in [-0.25, -0.2) is 0 Å². The number of hydrogen-bond acceptors (Lipinski definition) is 1. The van der Waals surface area contributed by atoms with E-state index in [1.807, 2.05) is 0 Å². The molecule has 0 spiro atoms. The monoisotopic (exact) mass is 294 g/mol. The lowest BCUT2D eigenvalue weighted by Crippen LogP contribution is -2.29. The Morgan fingerprint density at radius 3 is 2.43 bits per heavy atom. The molecule has 1 nitrogen and oxygen atoms in total. The Bertz CT molecular complexity index is 246. The quantitative estimate of drug-likeness (QED) is 0.288. The zero-order valence-electron chi connectivity index (χ0n) is 14.6. The summed E-state index contributed by atoms with van der Waals surface area (Å²) in [5.74, 6) is 0.820. The standard InChI is InChI=1S/C20H38O/c1-3-5-7-9-11-13-17-20-19(16-14-18-21-20)15-12-10-8-6-4-2/h8,10,19-20H,3-7,9,11-18H2,1-2H3/t19-,20+/m0/s1. The van der Waals surface area contributed by atoms with Crippen molar-refractivity contribution < 1.29 is 4.74 Å². The summed E-state index contributed by atoms with van der Waals surface area (Å²) >= 11 is 0.